The van der Waals surface area contributed by atoms with Gasteiger partial charge in [-0.2, -0.15) is 0 Å². The van der Waals surface area contributed by atoms with Gasteiger partial charge in [0.25, 0.3) is 0 Å². The first kappa shape index (κ1) is 13.4. The van der Waals surface area contributed by atoms with E-state index in [2.05, 4.69) is 0 Å². The van der Waals surface area contributed by atoms with Crippen LogP contribution in [-0.4, -0.2) is 19.2 Å². The second-order valence-electron chi connectivity index (χ2n) is 4.36. The van der Waals surface area contributed by atoms with Crippen molar-refractivity contribution in [2.24, 2.45) is 0 Å². The molecule has 0 aliphatic heterocycles. The van der Waals surface area contributed by atoms with Crippen LogP contribution in [0.2, 0.25) is 0 Å². The predicted octanol–water partition coefficient (Wildman–Crippen LogP) is 2.90. The number of hydrogen-bond donors (Lipinski definition) is 0. The number of aryl methyl sites for hydroxylation is 1. The van der Waals surface area contributed by atoms with Crippen LogP contribution in [0.1, 0.15) is 47.7 Å². The van der Waals surface area contributed by atoms with E-state index in [9.17, 15) is 9.59 Å². The third-order valence-electron chi connectivity index (χ3n) is 2.77. The second kappa shape index (κ2) is 5.62. The Labute approximate surface area is 102 Å². The van der Waals surface area contributed by atoms with Gasteiger partial charge in [0, 0.05) is 5.56 Å². The number of carbonyl (C=O) groups is 2. The van der Waals surface area contributed by atoms with Crippen molar-refractivity contribution in [1.82, 2.24) is 0 Å². The Morgan fingerprint density at radius 2 is 2.06 bits per heavy atom. The Morgan fingerprint density at radius 3 is 2.53 bits per heavy atom. The molecule has 92 valence electrons. The van der Waals surface area contributed by atoms with Crippen molar-refractivity contribution < 1.29 is 14.3 Å². The number of hydrogen-bond acceptors (Lipinski definition) is 3. The van der Waals surface area contributed by atoms with Crippen LogP contribution in [0.25, 0.3) is 0 Å². The summed E-state index contributed by atoms with van der Waals surface area (Å²) in [4.78, 5) is 22.2. The van der Waals surface area contributed by atoms with Gasteiger partial charge in [0.1, 0.15) is 12.0 Å². The first-order valence-corrected chi connectivity index (χ1v) is 5.66. The molecule has 0 fully saturated rings. The van der Waals surface area contributed by atoms with Gasteiger partial charge < -0.3 is 9.53 Å². The first-order chi connectivity index (χ1) is 8.01. The molecule has 3 heteroatoms. The van der Waals surface area contributed by atoms with Crippen molar-refractivity contribution in [2.75, 3.05) is 7.11 Å². The van der Waals surface area contributed by atoms with Gasteiger partial charge in [0.15, 0.2) is 5.78 Å². The van der Waals surface area contributed by atoms with Gasteiger partial charge in [0.2, 0.25) is 0 Å². The molecule has 0 radical (unpaired) electrons. The molecule has 1 rings (SSSR count). The average molecular weight is 234 g/mol. The van der Waals surface area contributed by atoms with E-state index in [0.717, 1.165) is 16.9 Å². The fourth-order valence-electron chi connectivity index (χ4n) is 1.81. The molecule has 1 aromatic carbocycles. The highest BCUT2D eigenvalue weighted by Gasteiger charge is 2.15. The van der Waals surface area contributed by atoms with Gasteiger partial charge in [-0.25, -0.2) is 0 Å². The van der Waals surface area contributed by atoms with Gasteiger partial charge in [-0.05, 0) is 36.1 Å². The van der Waals surface area contributed by atoms with Gasteiger partial charge in [-0.15, -0.1) is 0 Å². The Bertz CT molecular complexity index is 433. The number of ketones is 1. The van der Waals surface area contributed by atoms with E-state index >= 15 is 0 Å². The van der Waals surface area contributed by atoms with Crippen LogP contribution in [0.4, 0.5) is 0 Å². The number of rotatable bonds is 5. The van der Waals surface area contributed by atoms with E-state index in [-0.39, 0.29) is 18.1 Å². The molecule has 0 amide bonds. The van der Waals surface area contributed by atoms with Crippen LogP contribution >= 0.6 is 0 Å². The second-order valence-corrected chi connectivity index (χ2v) is 4.36. The van der Waals surface area contributed by atoms with E-state index in [0.29, 0.717) is 11.8 Å². The molecule has 0 spiro atoms. The zero-order chi connectivity index (χ0) is 13.0. The maximum Gasteiger partial charge on any atom is 0.170 e. The fourth-order valence-corrected chi connectivity index (χ4v) is 1.81. The Kier molecular flexibility index (Phi) is 4.44. The molecular weight excluding hydrogens is 216 g/mol. The molecule has 0 aromatic heterocycles. The monoisotopic (exact) mass is 234 g/mol. The van der Waals surface area contributed by atoms with Crippen LogP contribution < -0.4 is 4.74 Å². The highest BCUT2D eigenvalue weighted by molar-refractivity contribution is 6.04. The molecule has 17 heavy (non-hydrogen) atoms. The van der Waals surface area contributed by atoms with Gasteiger partial charge in [-0.1, -0.05) is 13.8 Å². The zero-order valence-corrected chi connectivity index (χ0v) is 10.7. The first-order valence-electron chi connectivity index (χ1n) is 5.66. The normalized spacial score (nSPS) is 10.4. The van der Waals surface area contributed by atoms with Gasteiger partial charge in [-0.3, -0.25) is 4.79 Å². The summed E-state index contributed by atoms with van der Waals surface area (Å²) in [6.07, 6.45) is 0.575. The van der Waals surface area contributed by atoms with E-state index in [4.69, 9.17) is 4.74 Å². The smallest absolute Gasteiger partial charge is 0.170 e. The Balaban J connectivity index is 3.28. The number of aldehydes is 1. The average Bonchev–Trinajstić information content (AvgIpc) is 2.28. The van der Waals surface area contributed by atoms with Crippen LogP contribution in [0, 0.1) is 6.92 Å². The lowest BCUT2D eigenvalue weighted by Crippen LogP contribution is -2.05. The van der Waals surface area contributed by atoms with E-state index < -0.39 is 0 Å². The number of Topliss-reactive ketones (excluding diaryl/α,β-unsaturated/α-hetero) is 1. The van der Waals surface area contributed by atoms with E-state index in [1.807, 2.05) is 32.9 Å². The van der Waals surface area contributed by atoms with Crippen molar-refractivity contribution in [3.05, 3.63) is 28.8 Å². The maximum atomic E-state index is 11.8. The topological polar surface area (TPSA) is 43.4 Å². The molecule has 0 N–H and O–H groups in total. The molecular formula is C14H18O3. The van der Waals surface area contributed by atoms with Crippen LogP contribution in [0.15, 0.2) is 12.1 Å². The summed E-state index contributed by atoms with van der Waals surface area (Å²) < 4.78 is 5.30. The molecule has 0 aliphatic carbocycles. The third kappa shape index (κ3) is 2.93. The Morgan fingerprint density at radius 1 is 1.41 bits per heavy atom. The summed E-state index contributed by atoms with van der Waals surface area (Å²) in [5.74, 6) is 0.926. The Hall–Kier alpha value is -1.64. The molecule has 0 heterocycles. The lowest BCUT2D eigenvalue weighted by molar-refractivity contribution is -0.107. The van der Waals surface area contributed by atoms with E-state index in [1.165, 1.54) is 0 Å². The van der Waals surface area contributed by atoms with Crippen LogP contribution in [0.5, 0.6) is 5.75 Å². The van der Waals surface area contributed by atoms with Crippen molar-refractivity contribution in [1.29, 1.82) is 0 Å². The predicted molar refractivity (Wildman–Crippen MR) is 66.8 cm³/mol. The lowest BCUT2D eigenvalue weighted by atomic mass is 9.94. The zero-order valence-electron chi connectivity index (χ0n) is 10.7. The molecule has 0 saturated carbocycles. The largest absolute Gasteiger partial charge is 0.496 e. The standard InChI is InChI=1S/C14H18O3/c1-9(2)11-8-12(13(16)5-6-15)10(3)7-14(11)17-4/h6-9H,5H2,1-4H3. The molecule has 0 atom stereocenters. The van der Waals surface area contributed by atoms with Crippen molar-refractivity contribution in [2.45, 2.75) is 33.1 Å². The summed E-state index contributed by atoms with van der Waals surface area (Å²) >= 11 is 0. The highest BCUT2D eigenvalue weighted by atomic mass is 16.5. The van der Waals surface area contributed by atoms with Gasteiger partial charge >= 0.3 is 0 Å². The molecule has 0 aliphatic rings. The van der Waals surface area contributed by atoms with Crippen molar-refractivity contribution in [3.63, 3.8) is 0 Å². The van der Waals surface area contributed by atoms with Gasteiger partial charge in [0.05, 0.1) is 13.5 Å². The summed E-state index contributed by atoms with van der Waals surface area (Å²) in [5.41, 5.74) is 2.45. The minimum absolute atomic E-state index is 0.0648. The number of ether oxygens (including phenoxy) is 1. The summed E-state index contributed by atoms with van der Waals surface area (Å²) in [7, 11) is 1.62. The molecule has 1 aromatic rings. The fraction of sp³-hybridized carbons (Fsp3) is 0.429. The number of methoxy groups -OCH3 is 1. The number of benzene rings is 1. The summed E-state index contributed by atoms with van der Waals surface area (Å²) in [5, 5.41) is 0. The van der Waals surface area contributed by atoms with Crippen molar-refractivity contribution >= 4 is 12.1 Å². The molecule has 0 unspecified atom stereocenters. The summed E-state index contributed by atoms with van der Waals surface area (Å²) in [6, 6.07) is 3.69. The molecule has 3 nitrogen and oxygen atoms in total. The quantitative estimate of drug-likeness (QED) is 0.447. The lowest BCUT2D eigenvalue weighted by Gasteiger charge is -2.15. The maximum absolute atomic E-state index is 11.8. The summed E-state index contributed by atoms with van der Waals surface area (Å²) in [6.45, 7) is 5.94. The van der Waals surface area contributed by atoms with Crippen molar-refractivity contribution in [3.8, 4) is 5.75 Å². The molecule has 0 saturated heterocycles. The minimum atomic E-state index is -0.137. The minimum Gasteiger partial charge on any atom is -0.496 e. The highest BCUT2D eigenvalue weighted by Crippen LogP contribution is 2.29. The number of carbonyl (C=O) groups excluding carboxylic acids is 2. The third-order valence-corrected chi connectivity index (χ3v) is 2.77. The SMILES string of the molecule is COc1cc(C)c(C(=O)CC=O)cc1C(C)C. The van der Waals surface area contributed by atoms with E-state index in [1.54, 1.807) is 7.11 Å². The van der Waals surface area contributed by atoms with Crippen LogP contribution in [-0.2, 0) is 4.79 Å². The molecule has 0 bridgehead atoms. The van der Waals surface area contributed by atoms with Crippen LogP contribution in [0.3, 0.4) is 0 Å².